The summed E-state index contributed by atoms with van der Waals surface area (Å²) in [6, 6.07) is 7.37. The largest absolute Gasteiger partial charge is 0.399 e. The zero-order valence-electron chi connectivity index (χ0n) is 9.17. The molecule has 1 heterocycles. The van der Waals surface area contributed by atoms with Crippen molar-refractivity contribution in [2.24, 2.45) is 0 Å². The van der Waals surface area contributed by atoms with Gasteiger partial charge in [0.15, 0.2) is 0 Å². The Hall–Kier alpha value is -1.79. The molecule has 0 fully saturated rings. The number of hydrogen-bond donors (Lipinski definition) is 2. The lowest BCUT2D eigenvalue weighted by Gasteiger charge is -2.09. The number of nitrogens with one attached hydrogen (secondary N) is 1. The van der Waals surface area contributed by atoms with Crippen LogP contribution in [0.4, 0.5) is 11.4 Å². The Morgan fingerprint density at radius 3 is 2.50 bits per heavy atom. The van der Waals surface area contributed by atoms with Gasteiger partial charge in [-0.2, -0.15) is 0 Å². The van der Waals surface area contributed by atoms with Crippen LogP contribution < -0.4 is 10.5 Å². The van der Waals surface area contributed by atoms with E-state index in [0.29, 0.717) is 11.4 Å². The highest BCUT2D eigenvalue weighted by atomic mass is 35.5. The number of aromatic nitrogens is 1. The number of nitrogen functional groups attached to an aromatic ring is 1. The zero-order valence-corrected chi connectivity index (χ0v) is 10.7. The number of rotatable bonds is 3. The standard InChI is InChI=1S/C11H10ClN3O2S/c12-10-2-1-8(13)7-11(10)18(16,17)15-9-3-5-14-6-4-9/h1-7H,13H2,(H,14,15). The first-order valence-corrected chi connectivity index (χ1v) is 6.83. The van der Waals surface area contributed by atoms with E-state index < -0.39 is 10.0 Å². The quantitative estimate of drug-likeness (QED) is 0.845. The van der Waals surface area contributed by atoms with Crippen molar-refractivity contribution in [3.63, 3.8) is 0 Å². The molecule has 0 amide bonds. The second-order valence-electron chi connectivity index (χ2n) is 3.53. The van der Waals surface area contributed by atoms with Gasteiger partial charge in [0.1, 0.15) is 4.90 Å². The van der Waals surface area contributed by atoms with Crippen molar-refractivity contribution in [2.75, 3.05) is 10.5 Å². The van der Waals surface area contributed by atoms with Crippen LogP contribution in [0.5, 0.6) is 0 Å². The van der Waals surface area contributed by atoms with Crippen LogP contribution in [0.15, 0.2) is 47.6 Å². The minimum atomic E-state index is -3.76. The van der Waals surface area contributed by atoms with Crippen molar-refractivity contribution in [3.8, 4) is 0 Å². The van der Waals surface area contributed by atoms with Gasteiger partial charge >= 0.3 is 0 Å². The SMILES string of the molecule is Nc1ccc(Cl)c(S(=O)(=O)Nc2ccncc2)c1. The first-order chi connectivity index (χ1) is 8.49. The van der Waals surface area contributed by atoms with E-state index in [2.05, 4.69) is 9.71 Å². The van der Waals surface area contributed by atoms with E-state index >= 15 is 0 Å². The molecule has 0 aliphatic rings. The molecule has 1 aromatic heterocycles. The molecule has 0 radical (unpaired) electrons. The second-order valence-corrected chi connectivity index (χ2v) is 5.59. The molecular formula is C11H10ClN3O2S. The molecule has 0 aliphatic carbocycles. The third-order valence-corrected chi connectivity index (χ3v) is 4.04. The molecular weight excluding hydrogens is 274 g/mol. The van der Waals surface area contributed by atoms with Gasteiger partial charge in [-0.15, -0.1) is 0 Å². The van der Waals surface area contributed by atoms with Crippen LogP contribution in [0.3, 0.4) is 0 Å². The van der Waals surface area contributed by atoms with Crippen LogP contribution in [0.2, 0.25) is 5.02 Å². The van der Waals surface area contributed by atoms with Gasteiger partial charge in [0, 0.05) is 18.1 Å². The Kier molecular flexibility index (Phi) is 3.40. The minimum absolute atomic E-state index is 0.0546. The van der Waals surface area contributed by atoms with Crippen molar-refractivity contribution in [1.82, 2.24) is 4.98 Å². The topological polar surface area (TPSA) is 85.1 Å². The molecule has 2 rings (SSSR count). The Labute approximate surface area is 110 Å². The van der Waals surface area contributed by atoms with E-state index in [1.807, 2.05) is 0 Å². The summed E-state index contributed by atoms with van der Waals surface area (Å²) in [6.07, 6.45) is 2.97. The number of nitrogens with two attached hydrogens (primary N) is 1. The summed E-state index contributed by atoms with van der Waals surface area (Å²) in [5.74, 6) is 0. The van der Waals surface area contributed by atoms with Gasteiger partial charge in [-0.25, -0.2) is 8.42 Å². The lowest BCUT2D eigenvalue weighted by molar-refractivity contribution is 0.601. The fraction of sp³-hybridized carbons (Fsp3) is 0. The molecule has 0 spiro atoms. The van der Waals surface area contributed by atoms with E-state index in [1.54, 1.807) is 0 Å². The Morgan fingerprint density at radius 2 is 1.83 bits per heavy atom. The highest BCUT2D eigenvalue weighted by Crippen LogP contribution is 2.25. The molecule has 0 bridgehead atoms. The summed E-state index contributed by atoms with van der Waals surface area (Å²) in [6.45, 7) is 0. The number of pyridine rings is 1. The van der Waals surface area contributed by atoms with Gasteiger partial charge in [0.2, 0.25) is 0 Å². The monoisotopic (exact) mass is 283 g/mol. The fourth-order valence-electron chi connectivity index (χ4n) is 1.36. The molecule has 0 unspecified atom stereocenters. The summed E-state index contributed by atoms with van der Waals surface area (Å²) < 4.78 is 26.6. The molecule has 7 heteroatoms. The van der Waals surface area contributed by atoms with Crippen LogP contribution >= 0.6 is 11.6 Å². The number of sulfonamides is 1. The highest BCUT2D eigenvalue weighted by molar-refractivity contribution is 7.92. The number of anilines is 2. The lowest BCUT2D eigenvalue weighted by atomic mass is 10.3. The van der Waals surface area contributed by atoms with Gasteiger partial charge in [0.05, 0.1) is 10.7 Å². The van der Waals surface area contributed by atoms with Crippen LogP contribution in [0.25, 0.3) is 0 Å². The fourth-order valence-corrected chi connectivity index (χ4v) is 2.95. The van der Waals surface area contributed by atoms with Gasteiger partial charge in [0.25, 0.3) is 10.0 Å². The molecule has 0 aliphatic heterocycles. The third kappa shape index (κ3) is 2.72. The van der Waals surface area contributed by atoms with Gasteiger partial charge in [-0.3, -0.25) is 9.71 Å². The summed E-state index contributed by atoms with van der Waals surface area (Å²) in [5, 5.41) is 0.116. The van der Waals surface area contributed by atoms with Gasteiger partial charge < -0.3 is 5.73 Å². The molecule has 5 nitrogen and oxygen atoms in total. The number of benzene rings is 1. The maximum absolute atomic E-state index is 12.1. The highest BCUT2D eigenvalue weighted by Gasteiger charge is 2.18. The van der Waals surface area contributed by atoms with E-state index in [-0.39, 0.29) is 9.92 Å². The first-order valence-electron chi connectivity index (χ1n) is 4.97. The van der Waals surface area contributed by atoms with Crippen LogP contribution in [-0.4, -0.2) is 13.4 Å². The number of hydrogen-bond acceptors (Lipinski definition) is 4. The maximum Gasteiger partial charge on any atom is 0.263 e. The second kappa shape index (κ2) is 4.83. The van der Waals surface area contributed by atoms with Crippen LogP contribution in [0, 0.1) is 0 Å². The van der Waals surface area contributed by atoms with Gasteiger partial charge in [-0.1, -0.05) is 11.6 Å². The van der Waals surface area contributed by atoms with Crippen molar-refractivity contribution in [3.05, 3.63) is 47.7 Å². The predicted molar refractivity (Wildman–Crippen MR) is 70.9 cm³/mol. The predicted octanol–water partition coefficient (Wildman–Crippen LogP) is 2.12. The molecule has 94 valence electrons. The number of halogens is 1. The molecule has 1 aromatic carbocycles. The van der Waals surface area contributed by atoms with E-state index in [0.717, 1.165) is 0 Å². The minimum Gasteiger partial charge on any atom is -0.399 e. The average Bonchev–Trinajstić information content (AvgIpc) is 2.33. The summed E-state index contributed by atoms with van der Waals surface area (Å²) in [5.41, 5.74) is 6.29. The summed E-state index contributed by atoms with van der Waals surface area (Å²) in [4.78, 5) is 3.74. The van der Waals surface area contributed by atoms with Crippen LogP contribution in [0.1, 0.15) is 0 Å². The van der Waals surface area contributed by atoms with Crippen molar-refractivity contribution in [1.29, 1.82) is 0 Å². The third-order valence-electron chi connectivity index (χ3n) is 2.18. The molecule has 2 aromatic rings. The molecule has 0 atom stereocenters. The maximum atomic E-state index is 12.1. The van der Waals surface area contributed by atoms with Crippen molar-refractivity contribution < 1.29 is 8.42 Å². The average molecular weight is 284 g/mol. The normalized spacial score (nSPS) is 11.2. The van der Waals surface area contributed by atoms with Gasteiger partial charge in [-0.05, 0) is 30.3 Å². The lowest BCUT2D eigenvalue weighted by Crippen LogP contribution is -2.13. The van der Waals surface area contributed by atoms with E-state index in [9.17, 15) is 8.42 Å². The summed E-state index contributed by atoms with van der Waals surface area (Å²) >= 11 is 5.86. The van der Waals surface area contributed by atoms with Crippen LogP contribution in [-0.2, 0) is 10.0 Å². The first kappa shape index (κ1) is 12.7. The van der Waals surface area contributed by atoms with E-state index in [1.165, 1.54) is 42.7 Å². The van der Waals surface area contributed by atoms with Crippen molar-refractivity contribution in [2.45, 2.75) is 4.90 Å². The Balaban J connectivity index is 2.40. The zero-order chi connectivity index (χ0) is 13.2. The Bertz CT molecular complexity index is 659. The number of nitrogens with zero attached hydrogens (tertiary/aromatic N) is 1. The molecule has 18 heavy (non-hydrogen) atoms. The smallest absolute Gasteiger partial charge is 0.263 e. The Morgan fingerprint density at radius 1 is 1.17 bits per heavy atom. The molecule has 3 N–H and O–H groups in total. The van der Waals surface area contributed by atoms with E-state index in [4.69, 9.17) is 17.3 Å². The van der Waals surface area contributed by atoms with Crippen molar-refractivity contribution >= 4 is 33.0 Å². The molecule has 0 saturated heterocycles. The molecule has 0 saturated carbocycles. The summed E-state index contributed by atoms with van der Waals surface area (Å²) in [7, 11) is -3.76.